The standard InChI is InChI=1S/C23H19BrClN7O/c24-16-3-4-30-13-27-20(21(30)5-16)8-26-23(33)15-7-28-32(9-15)11-17-10-31-12-18(14-1-2-14)19(25)6-22(31)29-17/h3-7,9-10,12-14H,1-2,8,11H2,(H,26,33). The Labute approximate surface area is 202 Å². The van der Waals surface area contributed by atoms with Crippen molar-refractivity contribution in [1.29, 1.82) is 0 Å². The summed E-state index contributed by atoms with van der Waals surface area (Å²) in [5.41, 5.74) is 5.07. The van der Waals surface area contributed by atoms with Gasteiger partial charge in [0.05, 0.1) is 48.1 Å². The molecular formula is C23H19BrClN7O. The molecule has 1 amide bonds. The summed E-state index contributed by atoms with van der Waals surface area (Å²) in [6.07, 6.45) is 13.4. The Hall–Kier alpha value is -3.17. The van der Waals surface area contributed by atoms with Crippen LogP contribution in [-0.2, 0) is 13.1 Å². The average Bonchev–Trinajstić information content (AvgIpc) is 3.21. The smallest absolute Gasteiger partial charge is 0.254 e. The number of carbonyl (C=O) groups excluding carboxylic acids is 1. The molecular weight excluding hydrogens is 506 g/mol. The molecule has 1 saturated carbocycles. The fraction of sp³-hybridized carbons (Fsp3) is 0.217. The van der Waals surface area contributed by atoms with Crippen LogP contribution in [0.4, 0.5) is 0 Å². The molecule has 5 aromatic heterocycles. The van der Waals surface area contributed by atoms with Gasteiger partial charge in [0.25, 0.3) is 5.91 Å². The van der Waals surface area contributed by atoms with E-state index in [0.29, 0.717) is 24.6 Å². The summed E-state index contributed by atoms with van der Waals surface area (Å²) in [5.74, 6) is 0.370. The lowest BCUT2D eigenvalue weighted by Gasteiger charge is -2.02. The van der Waals surface area contributed by atoms with Crippen molar-refractivity contribution in [2.24, 2.45) is 0 Å². The highest BCUT2D eigenvalue weighted by Gasteiger charge is 2.26. The number of hydrogen-bond donors (Lipinski definition) is 1. The number of nitrogens with zero attached hydrogens (tertiary/aromatic N) is 6. The number of hydrogen-bond acceptors (Lipinski definition) is 4. The molecule has 0 aliphatic heterocycles. The molecule has 6 rings (SSSR count). The monoisotopic (exact) mass is 523 g/mol. The van der Waals surface area contributed by atoms with Crippen LogP contribution in [0.5, 0.6) is 0 Å². The molecule has 0 bridgehead atoms. The third kappa shape index (κ3) is 4.02. The summed E-state index contributed by atoms with van der Waals surface area (Å²) < 4.78 is 6.60. The van der Waals surface area contributed by atoms with E-state index in [1.165, 1.54) is 18.4 Å². The number of carbonyl (C=O) groups is 1. The fourth-order valence-electron chi connectivity index (χ4n) is 4.00. The van der Waals surface area contributed by atoms with Crippen molar-refractivity contribution >= 4 is 44.6 Å². The summed E-state index contributed by atoms with van der Waals surface area (Å²) >= 11 is 9.90. The van der Waals surface area contributed by atoms with Gasteiger partial charge in [0.15, 0.2) is 0 Å². The number of halogens is 2. The highest BCUT2D eigenvalue weighted by molar-refractivity contribution is 9.10. The molecule has 0 saturated heterocycles. The van der Waals surface area contributed by atoms with E-state index in [9.17, 15) is 4.79 Å². The molecule has 10 heteroatoms. The first-order valence-electron chi connectivity index (χ1n) is 10.6. The molecule has 0 unspecified atom stereocenters. The number of nitrogens with one attached hydrogen (secondary N) is 1. The Kier molecular flexibility index (Phi) is 4.95. The number of fused-ring (bicyclic) bond motifs is 2. The molecule has 0 aromatic carbocycles. The van der Waals surface area contributed by atoms with Crippen molar-refractivity contribution in [1.82, 2.24) is 33.9 Å². The molecule has 1 fully saturated rings. The van der Waals surface area contributed by atoms with Gasteiger partial charge >= 0.3 is 0 Å². The van der Waals surface area contributed by atoms with Crippen LogP contribution in [0.3, 0.4) is 0 Å². The lowest BCUT2D eigenvalue weighted by atomic mass is 10.2. The molecule has 0 atom stereocenters. The van der Waals surface area contributed by atoms with Crippen LogP contribution >= 0.6 is 27.5 Å². The minimum Gasteiger partial charge on any atom is -0.346 e. The molecule has 5 heterocycles. The van der Waals surface area contributed by atoms with Crippen LogP contribution in [0.2, 0.25) is 5.02 Å². The van der Waals surface area contributed by atoms with Gasteiger partial charge in [-0.3, -0.25) is 9.48 Å². The summed E-state index contributed by atoms with van der Waals surface area (Å²) in [6, 6.07) is 5.83. The van der Waals surface area contributed by atoms with Crippen molar-refractivity contribution in [2.45, 2.75) is 31.8 Å². The molecule has 0 radical (unpaired) electrons. The fourth-order valence-corrected chi connectivity index (χ4v) is 4.64. The number of rotatable bonds is 6. The predicted octanol–water partition coefficient (Wildman–Crippen LogP) is 4.45. The van der Waals surface area contributed by atoms with E-state index in [2.05, 4.69) is 42.5 Å². The van der Waals surface area contributed by atoms with Gasteiger partial charge in [0.2, 0.25) is 0 Å². The third-order valence-corrected chi connectivity index (χ3v) is 6.67. The first kappa shape index (κ1) is 20.4. The van der Waals surface area contributed by atoms with E-state index >= 15 is 0 Å². The second kappa shape index (κ2) is 8.00. The van der Waals surface area contributed by atoms with Gasteiger partial charge in [-0.15, -0.1) is 0 Å². The topological polar surface area (TPSA) is 81.5 Å². The first-order chi connectivity index (χ1) is 16.0. The molecule has 0 spiro atoms. The second-order valence-corrected chi connectivity index (χ2v) is 9.61. The van der Waals surface area contributed by atoms with Gasteiger partial charge in [-0.2, -0.15) is 5.10 Å². The van der Waals surface area contributed by atoms with Crippen molar-refractivity contribution in [3.63, 3.8) is 0 Å². The van der Waals surface area contributed by atoms with Crippen LogP contribution in [0.15, 0.2) is 60.0 Å². The van der Waals surface area contributed by atoms with Crippen molar-refractivity contribution < 1.29 is 4.79 Å². The van der Waals surface area contributed by atoms with E-state index in [4.69, 9.17) is 11.6 Å². The van der Waals surface area contributed by atoms with Crippen molar-refractivity contribution in [3.8, 4) is 0 Å². The second-order valence-electron chi connectivity index (χ2n) is 8.29. The lowest BCUT2D eigenvalue weighted by Crippen LogP contribution is -2.22. The largest absolute Gasteiger partial charge is 0.346 e. The normalized spacial score (nSPS) is 13.8. The zero-order valence-corrected chi connectivity index (χ0v) is 19.8. The zero-order valence-electron chi connectivity index (χ0n) is 17.4. The molecule has 1 N–H and O–H groups in total. The number of pyridine rings is 2. The van der Waals surface area contributed by atoms with E-state index in [-0.39, 0.29) is 5.91 Å². The summed E-state index contributed by atoms with van der Waals surface area (Å²) in [4.78, 5) is 21.7. The van der Waals surface area contributed by atoms with Gasteiger partial charge in [-0.1, -0.05) is 27.5 Å². The zero-order chi connectivity index (χ0) is 22.5. The van der Waals surface area contributed by atoms with E-state index < -0.39 is 0 Å². The Bertz CT molecular complexity index is 1510. The molecule has 33 heavy (non-hydrogen) atoms. The maximum atomic E-state index is 12.7. The van der Waals surface area contributed by atoms with E-state index in [1.807, 2.05) is 39.4 Å². The molecule has 8 nitrogen and oxygen atoms in total. The summed E-state index contributed by atoms with van der Waals surface area (Å²) in [5, 5.41) is 8.04. The Morgan fingerprint density at radius 2 is 2.09 bits per heavy atom. The minimum atomic E-state index is -0.201. The molecule has 1 aliphatic rings. The van der Waals surface area contributed by atoms with Crippen LogP contribution < -0.4 is 5.32 Å². The predicted molar refractivity (Wildman–Crippen MR) is 128 cm³/mol. The Balaban J connectivity index is 1.14. The summed E-state index contributed by atoms with van der Waals surface area (Å²) in [7, 11) is 0. The maximum absolute atomic E-state index is 12.7. The number of imidazole rings is 2. The minimum absolute atomic E-state index is 0.201. The van der Waals surface area contributed by atoms with Gasteiger partial charge in [0, 0.05) is 40.3 Å². The Morgan fingerprint density at radius 3 is 2.94 bits per heavy atom. The third-order valence-electron chi connectivity index (χ3n) is 5.85. The molecule has 166 valence electrons. The number of amides is 1. The van der Waals surface area contributed by atoms with Gasteiger partial charge < -0.3 is 14.1 Å². The first-order valence-corrected chi connectivity index (χ1v) is 11.8. The van der Waals surface area contributed by atoms with Crippen molar-refractivity contribution in [2.75, 3.05) is 0 Å². The van der Waals surface area contributed by atoms with Crippen LogP contribution in [-0.4, -0.2) is 34.5 Å². The maximum Gasteiger partial charge on any atom is 0.254 e. The van der Waals surface area contributed by atoms with E-state index in [0.717, 1.165) is 32.0 Å². The van der Waals surface area contributed by atoms with Crippen LogP contribution in [0.25, 0.3) is 11.2 Å². The Morgan fingerprint density at radius 1 is 1.21 bits per heavy atom. The average molecular weight is 525 g/mol. The van der Waals surface area contributed by atoms with Crippen LogP contribution in [0.1, 0.15) is 46.1 Å². The molecule has 5 aromatic rings. The van der Waals surface area contributed by atoms with Crippen molar-refractivity contribution in [3.05, 3.63) is 87.5 Å². The van der Waals surface area contributed by atoms with Crippen LogP contribution in [0, 0.1) is 0 Å². The SMILES string of the molecule is O=C(NCc1ncn2ccc(Br)cc12)c1cnn(Cc2cn3cc(C4CC4)c(Cl)cc3n2)c1. The summed E-state index contributed by atoms with van der Waals surface area (Å²) in [6.45, 7) is 0.790. The quantitative estimate of drug-likeness (QED) is 0.356. The lowest BCUT2D eigenvalue weighted by molar-refractivity contribution is 0.0950. The molecule has 1 aliphatic carbocycles. The van der Waals surface area contributed by atoms with Gasteiger partial charge in [-0.25, -0.2) is 9.97 Å². The highest BCUT2D eigenvalue weighted by atomic mass is 79.9. The van der Waals surface area contributed by atoms with Gasteiger partial charge in [-0.05, 0) is 36.5 Å². The highest BCUT2D eigenvalue weighted by Crippen LogP contribution is 2.43. The van der Waals surface area contributed by atoms with E-state index in [1.54, 1.807) is 23.4 Å². The number of aromatic nitrogens is 6. The van der Waals surface area contributed by atoms with Gasteiger partial charge in [0.1, 0.15) is 5.65 Å².